The molecule has 27 heavy (non-hydrogen) atoms. The Hall–Kier alpha value is -2.70. The quantitative estimate of drug-likeness (QED) is 0.566. The molecule has 1 aliphatic carbocycles. The highest BCUT2D eigenvalue weighted by Gasteiger charge is 2.44. The predicted molar refractivity (Wildman–Crippen MR) is 106 cm³/mol. The number of hydrogen-bond donors (Lipinski definition) is 3. The minimum Gasteiger partial charge on any atom is -0.398 e. The summed E-state index contributed by atoms with van der Waals surface area (Å²) in [5, 5.41) is 10.4. The first-order chi connectivity index (χ1) is 13.0. The Morgan fingerprint density at radius 1 is 1.33 bits per heavy atom. The third-order valence-corrected chi connectivity index (χ3v) is 6.26. The fourth-order valence-corrected chi connectivity index (χ4v) is 4.53. The summed E-state index contributed by atoms with van der Waals surface area (Å²) in [6, 6.07) is 5.13. The van der Waals surface area contributed by atoms with Crippen LogP contribution in [0, 0.1) is 34.9 Å². The number of nitrogens with one attached hydrogen (secondary N) is 2. The highest BCUT2D eigenvalue weighted by atomic mass is 19.1. The van der Waals surface area contributed by atoms with Crippen LogP contribution in [0.15, 0.2) is 24.4 Å². The third kappa shape index (κ3) is 3.22. The van der Waals surface area contributed by atoms with Crippen molar-refractivity contribution in [1.82, 2.24) is 9.97 Å². The van der Waals surface area contributed by atoms with Crippen LogP contribution in [0.1, 0.15) is 25.8 Å². The van der Waals surface area contributed by atoms with E-state index in [2.05, 4.69) is 34.0 Å². The molecule has 0 amide bonds. The van der Waals surface area contributed by atoms with Crippen molar-refractivity contribution in [2.75, 3.05) is 29.0 Å². The largest absolute Gasteiger partial charge is 0.398 e. The van der Waals surface area contributed by atoms with Crippen LogP contribution in [0.25, 0.3) is 0 Å². The van der Waals surface area contributed by atoms with Crippen molar-refractivity contribution < 1.29 is 4.39 Å². The van der Waals surface area contributed by atoms with E-state index in [1.54, 1.807) is 18.2 Å². The maximum absolute atomic E-state index is 14.3. The first-order valence-corrected chi connectivity index (χ1v) is 9.40. The number of rotatable bonds is 4. The first-order valence-electron chi connectivity index (χ1n) is 9.40. The van der Waals surface area contributed by atoms with Gasteiger partial charge in [0.1, 0.15) is 0 Å². The van der Waals surface area contributed by atoms with Crippen molar-refractivity contribution in [2.45, 2.75) is 20.3 Å². The molecule has 7 heteroatoms. The predicted octanol–water partition coefficient (Wildman–Crippen LogP) is 3.67. The molecule has 1 aromatic carbocycles. The van der Waals surface area contributed by atoms with Crippen molar-refractivity contribution in [3.05, 3.63) is 35.8 Å². The van der Waals surface area contributed by atoms with Crippen LogP contribution in [0.3, 0.4) is 0 Å². The van der Waals surface area contributed by atoms with Gasteiger partial charge in [-0.1, -0.05) is 13.8 Å². The monoisotopic (exact) mass is 368 g/mol. The minimum atomic E-state index is -0.506. The summed E-state index contributed by atoms with van der Waals surface area (Å²) in [5.41, 5.74) is 7.52. The average Bonchev–Trinajstić information content (AvgIpc) is 3.18. The number of nitrogens with zero attached hydrogens (tertiary/aromatic N) is 3. The van der Waals surface area contributed by atoms with E-state index in [4.69, 9.17) is 11.1 Å². The maximum Gasteiger partial charge on any atom is 0.227 e. The van der Waals surface area contributed by atoms with Crippen molar-refractivity contribution in [2.24, 2.45) is 23.7 Å². The van der Waals surface area contributed by atoms with Crippen LogP contribution in [0.5, 0.6) is 0 Å². The van der Waals surface area contributed by atoms with E-state index in [-0.39, 0.29) is 5.82 Å². The van der Waals surface area contributed by atoms with Gasteiger partial charge in [-0.3, -0.25) is 0 Å². The maximum atomic E-state index is 14.3. The second-order valence-corrected chi connectivity index (χ2v) is 7.88. The van der Waals surface area contributed by atoms with Gasteiger partial charge in [0.15, 0.2) is 11.6 Å². The van der Waals surface area contributed by atoms with Crippen LogP contribution >= 0.6 is 0 Å². The molecule has 1 aromatic heterocycles. The zero-order valence-corrected chi connectivity index (χ0v) is 15.6. The van der Waals surface area contributed by atoms with Crippen molar-refractivity contribution in [3.63, 3.8) is 0 Å². The minimum absolute atomic E-state index is 0.138. The van der Waals surface area contributed by atoms with Crippen molar-refractivity contribution in [3.8, 4) is 0 Å². The topological polar surface area (TPSA) is 90.9 Å². The molecule has 0 radical (unpaired) electrons. The number of benzene rings is 1. The van der Waals surface area contributed by atoms with E-state index in [0.29, 0.717) is 40.6 Å². The molecule has 3 unspecified atom stereocenters. The van der Waals surface area contributed by atoms with Crippen molar-refractivity contribution >= 4 is 29.4 Å². The van der Waals surface area contributed by atoms with Gasteiger partial charge >= 0.3 is 0 Å². The molecular weight excluding hydrogens is 343 g/mol. The number of hydrogen-bond acceptors (Lipinski definition) is 6. The molecule has 0 bridgehead atoms. The summed E-state index contributed by atoms with van der Waals surface area (Å²) < 4.78 is 14.3. The van der Waals surface area contributed by atoms with Crippen LogP contribution < -0.4 is 16.0 Å². The zero-order chi connectivity index (χ0) is 19.1. The van der Waals surface area contributed by atoms with Gasteiger partial charge in [-0.2, -0.15) is 4.98 Å². The molecule has 1 saturated carbocycles. The van der Waals surface area contributed by atoms with Crippen LogP contribution in [-0.2, 0) is 0 Å². The number of anilines is 4. The van der Waals surface area contributed by atoms with Gasteiger partial charge < -0.3 is 21.4 Å². The van der Waals surface area contributed by atoms with E-state index < -0.39 is 5.82 Å². The van der Waals surface area contributed by atoms with Gasteiger partial charge in [0.2, 0.25) is 5.95 Å². The number of nitrogens with two attached hydrogens (primary N) is 1. The Morgan fingerprint density at radius 2 is 2.15 bits per heavy atom. The molecule has 142 valence electrons. The fraction of sp³-hybridized carbons (Fsp3) is 0.450. The zero-order valence-electron chi connectivity index (χ0n) is 15.6. The summed E-state index contributed by atoms with van der Waals surface area (Å²) in [6.07, 6.45) is 3.64. The Balaban J connectivity index is 1.55. The molecule has 2 fully saturated rings. The second kappa shape index (κ2) is 6.79. The Bertz CT molecular complexity index is 870. The number of nitrogen functional groups attached to an aromatic ring is 1. The lowest BCUT2D eigenvalue weighted by atomic mass is 9.91. The number of halogens is 1. The smallest absolute Gasteiger partial charge is 0.227 e. The van der Waals surface area contributed by atoms with Crippen molar-refractivity contribution in [1.29, 1.82) is 5.41 Å². The number of fused-ring (bicyclic) bond motifs is 1. The summed E-state index contributed by atoms with van der Waals surface area (Å²) in [6.45, 7) is 6.53. The highest BCUT2D eigenvalue weighted by molar-refractivity contribution is 5.87. The Kier molecular flexibility index (Phi) is 4.45. The lowest BCUT2D eigenvalue weighted by Gasteiger charge is -2.21. The van der Waals surface area contributed by atoms with E-state index in [1.165, 1.54) is 18.8 Å². The normalized spacial score (nSPS) is 26.9. The molecule has 6 nitrogen and oxygen atoms in total. The van der Waals surface area contributed by atoms with Crippen LogP contribution in [0.2, 0.25) is 0 Å². The van der Waals surface area contributed by atoms with E-state index in [9.17, 15) is 4.39 Å². The lowest BCUT2D eigenvalue weighted by molar-refractivity contribution is 0.362. The third-order valence-electron chi connectivity index (χ3n) is 6.26. The van der Waals surface area contributed by atoms with Gasteiger partial charge in [0, 0.05) is 36.2 Å². The Labute approximate surface area is 158 Å². The average molecular weight is 368 g/mol. The summed E-state index contributed by atoms with van der Waals surface area (Å²) in [7, 11) is 0. The second-order valence-electron chi connectivity index (χ2n) is 7.88. The van der Waals surface area contributed by atoms with Gasteiger partial charge in [-0.25, -0.2) is 9.37 Å². The standard InChI is InChI=1S/C20H25FN6/c1-11-5-14-9-27(10-16(14)12(11)2)20-24-8-17(21)19(26-20)25-15-3-4-18(23)13(6-15)7-22/h3-4,6-8,11-12,14,16,22H,5,9-10,23H2,1-2H3,(H,24,25,26)/t11-,12?,14?,16?/m1/s1. The van der Waals surface area contributed by atoms with Crippen LogP contribution in [0.4, 0.5) is 27.5 Å². The van der Waals surface area contributed by atoms with Gasteiger partial charge in [-0.05, 0) is 48.3 Å². The van der Waals surface area contributed by atoms with Crippen LogP contribution in [-0.4, -0.2) is 29.3 Å². The Morgan fingerprint density at radius 3 is 2.89 bits per heavy atom. The molecule has 0 spiro atoms. The number of aromatic nitrogens is 2. The summed E-state index contributed by atoms with van der Waals surface area (Å²) >= 11 is 0. The van der Waals surface area contributed by atoms with E-state index in [0.717, 1.165) is 19.0 Å². The SMILES string of the molecule is CC1C2CN(c3ncc(F)c(Nc4ccc(N)c(C=N)c4)n3)CC2C[C@H]1C. The molecule has 4 atom stereocenters. The summed E-state index contributed by atoms with van der Waals surface area (Å²) in [4.78, 5) is 10.8. The van der Waals surface area contributed by atoms with Gasteiger partial charge in [0.05, 0.1) is 6.20 Å². The first kappa shape index (κ1) is 17.7. The molecule has 2 aromatic rings. The lowest BCUT2D eigenvalue weighted by Crippen LogP contribution is -2.25. The molecule has 4 rings (SSSR count). The highest BCUT2D eigenvalue weighted by Crippen LogP contribution is 2.46. The molecule has 4 N–H and O–H groups in total. The molecular formula is C20H25FN6. The fourth-order valence-electron chi connectivity index (χ4n) is 4.53. The molecule has 1 saturated heterocycles. The molecule has 1 aliphatic heterocycles. The summed E-state index contributed by atoms with van der Waals surface area (Å²) in [5.74, 6) is 3.00. The van der Waals surface area contributed by atoms with E-state index >= 15 is 0 Å². The van der Waals surface area contributed by atoms with Gasteiger partial charge in [0.25, 0.3) is 0 Å². The molecule has 2 aliphatic rings. The van der Waals surface area contributed by atoms with Gasteiger partial charge in [-0.15, -0.1) is 0 Å². The van der Waals surface area contributed by atoms with E-state index in [1.807, 2.05) is 0 Å². The molecule has 2 heterocycles.